The summed E-state index contributed by atoms with van der Waals surface area (Å²) in [5.41, 5.74) is 6.11. The summed E-state index contributed by atoms with van der Waals surface area (Å²) in [4.78, 5) is 0. The average molecular weight is 396 g/mol. The molecule has 1 N–H and O–H groups in total. The highest BCUT2D eigenvalue weighted by Gasteiger charge is 2.13. The largest absolute Gasteiger partial charge is 0.316 e. The first-order valence-electron chi connectivity index (χ1n) is 8.44. The van der Waals surface area contributed by atoms with Crippen LogP contribution in [0.2, 0.25) is 0 Å². The van der Waals surface area contributed by atoms with Crippen molar-refractivity contribution in [1.29, 1.82) is 0 Å². The third-order valence-electron chi connectivity index (χ3n) is 4.05. The van der Waals surface area contributed by atoms with Crippen molar-refractivity contribution in [3.8, 4) is 28.1 Å². The van der Waals surface area contributed by atoms with Gasteiger partial charge < -0.3 is 4.57 Å². The van der Waals surface area contributed by atoms with E-state index in [0.717, 1.165) is 0 Å². The maximum absolute atomic E-state index is 8.60. The highest BCUT2D eigenvalue weighted by Crippen LogP contribution is 2.34. The van der Waals surface area contributed by atoms with E-state index in [4.69, 9.17) is 18.6 Å². The van der Waals surface area contributed by atoms with Crippen molar-refractivity contribution >= 4 is 0 Å². The number of para-hydroxylation sites is 1. The first kappa shape index (κ1) is 19.8. The Labute approximate surface area is 165 Å². The van der Waals surface area contributed by atoms with Crippen LogP contribution < -0.4 is 14.0 Å². The molecule has 0 amide bonds. The van der Waals surface area contributed by atoms with Crippen LogP contribution in [0.3, 0.4) is 0 Å². The van der Waals surface area contributed by atoms with Crippen LogP contribution in [0.1, 0.15) is 0 Å². The fourth-order valence-corrected chi connectivity index (χ4v) is 2.98. The molecular weight excluding hydrogens is 378 g/mol. The van der Waals surface area contributed by atoms with Gasteiger partial charge in [0.15, 0.2) is 0 Å². The molecule has 0 unspecified atom stereocenters. The molecule has 0 bridgehead atoms. The average Bonchev–Trinajstić information content (AvgIpc) is 3.14. The standard InChI is InChI=1S/C22H17N.ClHO4/c1-4-10-18(11-5-1)21-16-17-23(20-14-8-3-9-15-20)22(21)19-12-6-2-7-13-19;2-1(3,4)5/h1-17H;(H,2,3,4,5). The molecule has 6 heteroatoms. The lowest BCUT2D eigenvalue weighted by Gasteiger charge is -2.12. The van der Waals surface area contributed by atoms with Gasteiger partial charge in [-0.3, -0.25) is 0 Å². The number of rotatable bonds is 3. The highest BCUT2D eigenvalue weighted by molar-refractivity contribution is 5.83. The Morgan fingerprint density at radius 2 is 1.04 bits per heavy atom. The highest BCUT2D eigenvalue weighted by atomic mass is 35.7. The zero-order valence-corrected chi connectivity index (χ0v) is 15.6. The first-order chi connectivity index (χ1) is 13.4. The van der Waals surface area contributed by atoms with Gasteiger partial charge in [0.25, 0.3) is 0 Å². The van der Waals surface area contributed by atoms with Crippen molar-refractivity contribution in [3.63, 3.8) is 0 Å². The minimum Gasteiger partial charge on any atom is -0.316 e. The Kier molecular flexibility index (Phi) is 6.26. The number of hydrogen-bond donors (Lipinski definition) is 1. The van der Waals surface area contributed by atoms with E-state index < -0.39 is 10.2 Å². The lowest BCUT2D eigenvalue weighted by molar-refractivity contribution is -1.92. The molecule has 0 aliphatic rings. The molecule has 0 saturated carbocycles. The predicted octanol–water partition coefficient (Wildman–Crippen LogP) is 1.69. The summed E-state index contributed by atoms with van der Waals surface area (Å²) in [7, 11) is -4.69. The summed E-state index contributed by atoms with van der Waals surface area (Å²) < 4.78 is 35.0. The molecule has 4 aromatic rings. The molecule has 0 atom stereocenters. The van der Waals surface area contributed by atoms with Crippen molar-refractivity contribution in [2.24, 2.45) is 0 Å². The summed E-state index contributed by atoms with van der Waals surface area (Å²) >= 11 is 0. The second-order valence-corrected chi connectivity index (χ2v) is 6.70. The summed E-state index contributed by atoms with van der Waals surface area (Å²) in [6.45, 7) is 0. The SMILES string of the molecule is [O-][Cl+3]([O-])([O-])O.c1ccc(-c2ccn(-c3ccccc3)c2-c2ccccc2)cc1. The third-order valence-corrected chi connectivity index (χ3v) is 4.05. The minimum atomic E-state index is -4.69. The maximum atomic E-state index is 8.60. The van der Waals surface area contributed by atoms with E-state index in [9.17, 15) is 0 Å². The third kappa shape index (κ3) is 5.29. The summed E-state index contributed by atoms with van der Waals surface area (Å²) in [6, 6.07) is 33.8. The number of benzene rings is 3. The molecule has 1 aromatic heterocycles. The van der Waals surface area contributed by atoms with Gasteiger partial charge in [0.1, 0.15) is 0 Å². The second-order valence-electron chi connectivity index (χ2n) is 5.91. The topological polar surface area (TPSA) is 94.3 Å². The Bertz CT molecular complexity index is 934. The quantitative estimate of drug-likeness (QED) is 0.571. The smallest absolute Gasteiger partial charge is 0.0777 e. The Morgan fingerprint density at radius 3 is 1.54 bits per heavy atom. The molecule has 5 nitrogen and oxygen atoms in total. The van der Waals surface area contributed by atoms with Crippen LogP contribution >= 0.6 is 0 Å². The van der Waals surface area contributed by atoms with Gasteiger partial charge in [0.05, 0.1) is 20.6 Å². The lowest BCUT2D eigenvalue weighted by atomic mass is 10.0. The number of hydrogen-bond acceptors (Lipinski definition) is 4. The first-order valence-corrected chi connectivity index (χ1v) is 9.71. The predicted molar refractivity (Wildman–Crippen MR) is 98.9 cm³/mol. The molecule has 0 fully saturated rings. The van der Waals surface area contributed by atoms with Crippen LogP contribution in [0.5, 0.6) is 0 Å². The molecule has 0 aliphatic carbocycles. The van der Waals surface area contributed by atoms with Crippen LogP contribution in [-0.4, -0.2) is 9.23 Å². The van der Waals surface area contributed by atoms with E-state index >= 15 is 0 Å². The summed E-state index contributed by atoms with van der Waals surface area (Å²) in [6.07, 6.45) is 2.15. The van der Waals surface area contributed by atoms with E-state index in [2.05, 4.69) is 102 Å². The molecule has 0 radical (unpaired) electrons. The zero-order chi connectivity index (χ0) is 20.0. The van der Waals surface area contributed by atoms with Gasteiger partial charge >= 0.3 is 0 Å². The summed E-state index contributed by atoms with van der Waals surface area (Å²) in [5.74, 6) is 0. The molecule has 1 heterocycles. The molecule has 0 spiro atoms. The van der Waals surface area contributed by atoms with Gasteiger partial charge in [-0.25, -0.2) is 0 Å². The van der Waals surface area contributed by atoms with Crippen molar-refractivity contribution in [2.45, 2.75) is 0 Å². The van der Waals surface area contributed by atoms with Gasteiger partial charge in [-0.2, -0.15) is 14.0 Å². The summed E-state index contributed by atoms with van der Waals surface area (Å²) in [5, 5.41) is 0. The molecule has 142 valence electrons. The van der Waals surface area contributed by atoms with E-state index in [1.807, 2.05) is 6.07 Å². The van der Waals surface area contributed by atoms with Crippen LogP contribution in [0.4, 0.5) is 0 Å². The normalized spacial score (nSPS) is 10.9. The van der Waals surface area contributed by atoms with Crippen molar-refractivity contribution in [1.82, 2.24) is 4.57 Å². The molecule has 3 aromatic carbocycles. The monoisotopic (exact) mass is 395 g/mol. The molecule has 28 heavy (non-hydrogen) atoms. The van der Waals surface area contributed by atoms with Gasteiger partial charge in [-0.15, -0.1) is 0 Å². The van der Waals surface area contributed by atoms with Gasteiger partial charge in [-0.05, 0) is 29.3 Å². The number of nitrogens with zero attached hydrogens (tertiary/aromatic N) is 1. The molecule has 0 saturated heterocycles. The Balaban J connectivity index is 0.000000403. The van der Waals surface area contributed by atoms with Gasteiger partial charge in [0.2, 0.25) is 0 Å². The fourth-order valence-electron chi connectivity index (χ4n) is 2.98. The van der Waals surface area contributed by atoms with E-state index in [1.165, 1.54) is 28.1 Å². The molecule has 0 aliphatic heterocycles. The van der Waals surface area contributed by atoms with Gasteiger partial charge in [-0.1, -0.05) is 78.9 Å². The minimum absolute atomic E-state index is 1.17. The van der Waals surface area contributed by atoms with Crippen LogP contribution in [-0.2, 0) is 0 Å². The lowest BCUT2D eigenvalue weighted by Crippen LogP contribution is -2.58. The number of halogens is 1. The maximum Gasteiger partial charge on any atom is 0.0777 e. The fraction of sp³-hybridized carbons (Fsp3) is 0. The van der Waals surface area contributed by atoms with E-state index in [0.29, 0.717) is 0 Å². The van der Waals surface area contributed by atoms with Crippen molar-refractivity contribution in [2.75, 3.05) is 0 Å². The van der Waals surface area contributed by atoms with Gasteiger partial charge in [0, 0.05) is 17.4 Å². The van der Waals surface area contributed by atoms with Crippen LogP contribution in [0, 0.1) is 10.2 Å². The molecule has 4 rings (SSSR count). The van der Waals surface area contributed by atoms with Crippen LogP contribution in [0.15, 0.2) is 103 Å². The van der Waals surface area contributed by atoms with Crippen LogP contribution in [0.25, 0.3) is 28.1 Å². The zero-order valence-electron chi connectivity index (χ0n) is 14.8. The number of aromatic nitrogens is 1. The van der Waals surface area contributed by atoms with Crippen molar-refractivity contribution in [3.05, 3.63) is 103 Å². The molecular formula is C22H18ClNO4. The second kappa shape index (κ2) is 8.84. The Hall–Kier alpha value is -2.93. The van der Waals surface area contributed by atoms with E-state index in [-0.39, 0.29) is 0 Å². The van der Waals surface area contributed by atoms with Crippen molar-refractivity contribution < 1.29 is 28.9 Å². The Morgan fingerprint density at radius 1 is 0.607 bits per heavy atom. The van der Waals surface area contributed by atoms with E-state index in [1.54, 1.807) is 0 Å².